The van der Waals surface area contributed by atoms with Gasteiger partial charge >= 0.3 is 86.1 Å². The first kappa shape index (κ1) is 11.4. The molecule has 0 aromatic heterocycles. The Morgan fingerprint density at radius 2 is 0.929 bits per heavy atom. The summed E-state index contributed by atoms with van der Waals surface area (Å²) in [5, 5.41) is 0. The van der Waals surface area contributed by atoms with E-state index in [0.29, 0.717) is 0 Å². The van der Waals surface area contributed by atoms with Gasteiger partial charge in [-0.25, -0.2) is 0 Å². The van der Waals surface area contributed by atoms with E-state index in [4.69, 9.17) is 0 Å². The number of halogens is 1. The average molecular weight is 256 g/mol. The molecule has 0 radical (unpaired) electrons. The molecule has 2 heteroatoms. The maximum atomic E-state index is 2.24. The van der Waals surface area contributed by atoms with E-state index in [1.165, 1.54) is 0 Å². The Hall–Kier alpha value is -0.647. The Morgan fingerprint density at radius 3 is 1.29 bits per heavy atom. The van der Waals surface area contributed by atoms with Crippen LogP contribution in [0.4, 0.5) is 0 Å². The van der Waals surface area contributed by atoms with Crippen molar-refractivity contribution in [3.63, 3.8) is 0 Å². The Kier molecular flexibility index (Phi) is 4.86. The van der Waals surface area contributed by atoms with Gasteiger partial charge < -0.3 is 0 Å². The van der Waals surface area contributed by atoms with E-state index in [2.05, 4.69) is 60.7 Å². The third kappa shape index (κ3) is 3.25. The molecular formula is C12H11ClZn. The predicted molar refractivity (Wildman–Crippen MR) is 59.4 cm³/mol. The molecule has 0 aliphatic heterocycles. The molecule has 2 aromatic carbocycles. The van der Waals surface area contributed by atoms with Gasteiger partial charge in [-0.2, -0.15) is 0 Å². The van der Waals surface area contributed by atoms with Crippen molar-refractivity contribution in [2.75, 3.05) is 0 Å². The standard InChI is InChI=1S/2C6H5.ClH.Zn/c2*1-2-4-6-5-3-1;;/h2*1-5H;1H;. The second-order valence-corrected chi connectivity index (χ2v) is 7.32. The molecule has 0 saturated carbocycles. The number of rotatable bonds is 2. The second-order valence-electron chi connectivity index (χ2n) is 3.15. The van der Waals surface area contributed by atoms with Gasteiger partial charge in [0.05, 0.1) is 0 Å². The molecule has 2 aromatic rings. The van der Waals surface area contributed by atoms with E-state index in [9.17, 15) is 0 Å². The third-order valence-electron chi connectivity index (χ3n) is 2.09. The van der Waals surface area contributed by atoms with Crippen LogP contribution in [0.25, 0.3) is 0 Å². The third-order valence-corrected chi connectivity index (χ3v) is 5.79. The summed E-state index contributed by atoms with van der Waals surface area (Å²) < 4.78 is 3.11. The summed E-state index contributed by atoms with van der Waals surface area (Å²) in [7, 11) is 0. The molecule has 0 atom stereocenters. The summed E-state index contributed by atoms with van der Waals surface area (Å²) in [6.07, 6.45) is 0. The summed E-state index contributed by atoms with van der Waals surface area (Å²) in [6, 6.07) is 21.6. The second kappa shape index (κ2) is 5.95. The molecule has 0 bridgehead atoms. The van der Waals surface area contributed by atoms with Crippen LogP contribution in [-0.4, -0.2) is 0 Å². The molecule has 0 N–H and O–H groups in total. The van der Waals surface area contributed by atoms with E-state index in [-0.39, 0.29) is 12.4 Å². The molecule has 0 nitrogen and oxygen atoms in total. The quantitative estimate of drug-likeness (QED) is 0.722. The Bertz CT molecular complexity index is 321. The van der Waals surface area contributed by atoms with Crippen LogP contribution >= 0.6 is 12.4 Å². The van der Waals surface area contributed by atoms with E-state index in [1.807, 2.05) is 0 Å². The van der Waals surface area contributed by atoms with Crippen LogP contribution in [0.1, 0.15) is 0 Å². The Labute approximate surface area is 98.4 Å². The van der Waals surface area contributed by atoms with Gasteiger partial charge in [0.15, 0.2) is 0 Å². The van der Waals surface area contributed by atoms with Crippen LogP contribution in [0.3, 0.4) is 0 Å². The fourth-order valence-corrected chi connectivity index (χ4v) is 4.55. The van der Waals surface area contributed by atoms with Crippen molar-refractivity contribution in [2.24, 2.45) is 0 Å². The molecule has 2 rings (SSSR count). The van der Waals surface area contributed by atoms with Crippen LogP contribution in [0.2, 0.25) is 0 Å². The Morgan fingerprint density at radius 1 is 0.571 bits per heavy atom. The van der Waals surface area contributed by atoms with Crippen LogP contribution in [0, 0.1) is 0 Å². The molecule has 0 spiro atoms. The molecule has 0 fully saturated rings. The van der Waals surface area contributed by atoms with Crippen molar-refractivity contribution in [2.45, 2.75) is 0 Å². The van der Waals surface area contributed by atoms with Gasteiger partial charge in [0, 0.05) is 0 Å². The van der Waals surface area contributed by atoms with E-state index < -0.39 is 17.1 Å². The maximum absolute atomic E-state index is 2.24. The zero-order valence-corrected chi connectivity index (χ0v) is 11.7. The van der Waals surface area contributed by atoms with Gasteiger partial charge in [0.25, 0.3) is 0 Å². The van der Waals surface area contributed by atoms with Gasteiger partial charge in [0.2, 0.25) is 0 Å². The van der Waals surface area contributed by atoms with E-state index in [0.717, 1.165) is 0 Å². The minimum atomic E-state index is -0.676. The van der Waals surface area contributed by atoms with Crippen molar-refractivity contribution in [1.29, 1.82) is 0 Å². The van der Waals surface area contributed by atoms with Crippen LogP contribution in [0.15, 0.2) is 60.7 Å². The summed E-state index contributed by atoms with van der Waals surface area (Å²) in [6.45, 7) is 0. The number of hydrogen-bond donors (Lipinski definition) is 0. The molecular weight excluding hydrogens is 245 g/mol. The van der Waals surface area contributed by atoms with E-state index in [1.54, 1.807) is 8.32 Å². The first-order valence-corrected chi connectivity index (χ1v) is 7.50. The zero-order valence-electron chi connectivity index (χ0n) is 7.89. The van der Waals surface area contributed by atoms with Gasteiger partial charge in [0.1, 0.15) is 0 Å². The SMILES string of the molecule is Cl.c1cc[c]([Zn][c]2ccccc2)cc1. The molecule has 0 saturated heterocycles. The van der Waals surface area contributed by atoms with Crippen molar-refractivity contribution < 1.29 is 17.1 Å². The summed E-state index contributed by atoms with van der Waals surface area (Å²) in [5.74, 6) is 0. The number of benzene rings is 2. The summed E-state index contributed by atoms with van der Waals surface area (Å²) in [5.41, 5.74) is 0. The summed E-state index contributed by atoms with van der Waals surface area (Å²) >= 11 is -0.676. The van der Waals surface area contributed by atoms with Crippen LogP contribution in [0.5, 0.6) is 0 Å². The van der Waals surface area contributed by atoms with Gasteiger partial charge in [-0.05, 0) is 0 Å². The number of hydrogen-bond acceptors (Lipinski definition) is 0. The van der Waals surface area contributed by atoms with Crippen molar-refractivity contribution in [1.82, 2.24) is 0 Å². The fourth-order valence-electron chi connectivity index (χ4n) is 1.43. The van der Waals surface area contributed by atoms with E-state index >= 15 is 0 Å². The van der Waals surface area contributed by atoms with Crippen LogP contribution < -0.4 is 8.32 Å². The first-order valence-electron chi connectivity index (χ1n) is 4.53. The topological polar surface area (TPSA) is 0 Å². The van der Waals surface area contributed by atoms with Crippen molar-refractivity contribution in [3.8, 4) is 0 Å². The normalized spacial score (nSPS) is 8.57. The first-order chi connectivity index (χ1) is 6.45. The molecule has 14 heavy (non-hydrogen) atoms. The summed E-state index contributed by atoms with van der Waals surface area (Å²) in [4.78, 5) is 0. The molecule has 0 unspecified atom stereocenters. The van der Waals surface area contributed by atoms with Gasteiger partial charge in [-0.15, -0.1) is 12.4 Å². The molecule has 0 heterocycles. The average Bonchev–Trinajstić information content (AvgIpc) is 2.21. The Balaban J connectivity index is 0.000000980. The van der Waals surface area contributed by atoms with Crippen LogP contribution in [-0.2, 0) is 17.1 Å². The molecule has 68 valence electrons. The predicted octanol–water partition coefficient (Wildman–Crippen LogP) is 2.14. The van der Waals surface area contributed by atoms with Gasteiger partial charge in [-0.1, -0.05) is 0 Å². The molecule has 0 amide bonds. The molecule has 0 aliphatic carbocycles. The minimum absolute atomic E-state index is 0. The fraction of sp³-hybridized carbons (Fsp3) is 0. The monoisotopic (exact) mass is 254 g/mol. The van der Waals surface area contributed by atoms with Crippen molar-refractivity contribution >= 4 is 20.7 Å². The molecule has 0 aliphatic rings. The van der Waals surface area contributed by atoms with Gasteiger partial charge in [-0.3, -0.25) is 0 Å². The zero-order chi connectivity index (χ0) is 8.93. The van der Waals surface area contributed by atoms with Crippen molar-refractivity contribution in [3.05, 3.63) is 60.7 Å².